The summed E-state index contributed by atoms with van der Waals surface area (Å²) in [6.07, 6.45) is 1.54. The fourth-order valence-corrected chi connectivity index (χ4v) is 3.82. The Morgan fingerprint density at radius 3 is 2.29 bits per heavy atom. The molecule has 4 rings (SSSR count). The van der Waals surface area contributed by atoms with Crippen molar-refractivity contribution in [2.24, 2.45) is 0 Å². The van der Waals surface area contributed by atoms with Gasteiger partial charge in [-0.1, -0.05) is 0 Å². The van der Waals surface area contributed by atoms with Crippen molar-refractivity contribution in [3.05, 3.63) is 83.3 Å². The minimum absolute atomic E-state index is 0.0849. The van der Waals surface area contributed by atoms with Crippen LogP contribution in [0, 0.1) is 6.92 Å². The van der Waals surface area contributed by atoms with Crippen molar-refractivity contribution in [3.8, 4) is 17.2 Å². The monoisotopic (exact) mass is 477 g/mol. The average molecular weight is 478 g/mol. The number of aryl methyl sites for hydroxylation is 1. The van der Waals surface area contributed by atoms with E-state index in [0.29, 0.717) is 45.9 Å². The Balaban J connectivity index is 1.28. The first kappa shape index (κ1) is 23.1. The number of benzene rings is 2. The smallest absolute Gasteiger partial charge is 0.260 e. The minimum Gasteiger partial charge on any atom is -0.494 e. The van der Waals surface area contributed by atoms with Crippen molar-refractivity contribution in [2.75, 3.05) is 17.2 Å². The number of aromatic nitrogens is 1. The van der Waals surface area contributed by atoms with E-state index in [2.05, 4.69) is 15.6 Å². The van der Waals surface area contributed by atoms with Crippen molar-refractivity contribution in [2.45, 2.75) is 20.3 Å². The van der Waals surface area contributed by atoms with Crippen LogP contribution >= 0.6 is 11.3 Å². The zero-order valence-corrected chi connectivity index (χ0v) is 19.5. The highest BCUT2D eigenvalue weighted by atomic mass is 32.1. The van der Waals surface area contributed by atoms with E-state index in [9.17, 15) is 9.59 Å². The van der Waals surface area contributed by atoms with Crippen LogP contribution in [0.5, 0.6) is 17.2 Å². The number of amides is 2. The summed E-state index contributed by atoms with van der Waals surface area (Å²) in [6.45, 7) is 4.26. The van der Waals surface area contributed by atoms with Crippen LogP contribution in [0.3, 0.4) is 0 Å². The standard InChI is InChI=1S/C25H23N3O5S/c1-3-31-19-8-10-21(11-9-19)33-20-6-4-17(5-7-20)26-23(29)14-18-15-34-25(27-18)28-24(30)22-12-13-32-16(22)2/h4-13,15H,3,14H2,1-2H3,(H,26,29)(H,27,28,30). The third kappa shape index (κ3) is 6.02. The number of hydrogen-bond donors (Lipinski definition) is 2. The topological polar surface area (TPSA) is 103 Å². The molecule has 8 nitrogen and oxygen atoms in total. The number of thiazole rings is 1. The first-order valence-corrected chi connectivity index (χ1v) is 11.5. The van der Waals surface area contributed by atoms with Crippen LogP contribution in [-0.2, 0) is 11.2 Å². The molecule has 0 saturated heterocycles. The van der Waals surface area contributed by atoms with Crippen LogP contribution < -0.4 is 20.1 Å². The molecule has 0 aliphatic rings. The number of furan rings is 1. The fourth-order valence-electron chi connectivity index (χ4n) is 3.11. The molecule has 0 unspecified atom stereocenters. The first-order chi connectivity index (χ1) is 16.5. The molecule has 0 saturated carbocycles. The zero-order valence-electron chi connectivity index (χ0n) is 18.7. The molecule has 0 bridgehead atoms. The first-order valence-electron chi connectivity index (χ1n) is 10.6. The van der Waals surface area contributed by atoms with Gasteiger partial charge in [-0.2, -0.15) is 0 Å². The van der Waals surface area contributed by atoms with Gasteiger partial charge in [0, 0.05) is 11.1 Å². The molecule has 34 heavy (non-hydrogen) atoms. The van der Waals surface area contributed by atoms with E-state index in [1.807, 2.05) is 31.2 Å². The van der Waals surface area contributed by atoms with Crippen LogP contribution in [0.2, 0.25) is 0 Å². The van der Waals surface area contributed by atoms with Gasteiger partial charge in [-0.05, 0) is 68.4 Å². The molecule has 0 spiro atoms. The Hall–Kier alpha value is -4.11. The second-order valence-electron chi connectivity index (χ2n) is 7.24. The molecule has 0 atom stereocenters. The molecule has 0 aliphatic carbocycles. The van der Waals surface area contributed by atoms with Gasteiger partial charge in [0.25, 0.3) is 5.91 Å². The molecular formula is C25H23N3O5S. The highest BCUT2D eigenvalue weighted by Crippen LogP contribution is 2.25. The summed E-state index contributed by atoms with van der Waals surface area (Å²) in [5.41, 5.74) is 1.66. The van der Waals surface area contributed by atoms with Gasteiger partial charge < -0.3 is 19.2 Å². The second-order valence-corrected chi connectivity index (χ2v) is 8.10. The van der Waals surface area contributed by atoms with Crippen molar-refractivity contribution in [3.63, 3.8) is 0 Å². The van der Waals surface area contributed by atoms with E-state index >= 15 is 0 Å². The molecule has 2 N–H and O–H groups in total. The lowest BCUT2D eigenvalue weighted by Crippen LogP contribution is -2.15. The van der Waals surface area contributed by atoms with Gasteiger partial charge in [0.05, 0.1) is 30.5 Å². The molecule has 2 aromatic heterocycles. The predicted molar refractivity (Wildman–Crippen MR) is 130 cm³/mol. The van der Waals surface area contributed by atoms with Gasteiger partial charge >= 0.3 is 0 Å². The van der Waals surface area contributed by atoms with Crippen LogP contribution in [-0.4, -0.2) is 23.4 Å². The molecule has 2 aromatic carbocycles. The molecule has 174 valence electrons. The molecule has 0 fully saturated rings. The summed E-state index contributed by atoms with van der Waals surface area (Å²) in [4.78, 5) is 29.0. The van der Waals surface area contributed by atoms with Crippen LogP contribution in [0.4, 0.5) is 10.8 Å². The molecule has 2 amide bonds. The predicted octanol–water partition coefficient (Wildman–Crippen LogP) is 5.67. The van der Waals surface area contributed by atoms with Gasteiger partial charge in [0.2, 0.25) is 5.91 Å². The maximum Gasteiger partial charge on any atom is 0.260 e. The van der Waals surface area contributed by atoms with Gasteiger partial charge in [-0.3, -0.25) is 14.9 Å². The number of anilines is 2. The highest BCUT2D eigenvalue weighted by Gasteiger charge is 2.14. The maximum atomic E-state index is 12.4. The maximum absolute atomic E-state index is 12.4. The van der Waals surface area contributed by atoms with Crippen LogP contribution in [0.1, 0.15) is 28.7 Å². The van der Waals surface area contributed by atoms with Gasteiger partial charge in [0.15, 0.2) is 5.13 Å². The second kappa shape index (κ2) is 10.7. The van der Waals surface area contributed by atoms with Gasteiger partial charge in [-0.15, -0.1) is 11.3 Å². The Morgan fingerprint density at radius 2 is 1.65 bits per heavy atom. The summed E-state index contributed by atoms with van der Waals surface area (Å²) in [5, 5.41) is 7.72. The number of carbonyl (C=O) groups excluding carboxylic acids is 2. The SMILES string of the molecule is CCOc1ccc(Oc2ccc(NC(=O)Cc3csc(NC(=O)c4ccoc4C)n3)cc2)cc1. The number of carbonyl (C=O) groups is 2. The summed E-state index contributed by atoms with van der Waals surface area (Å²) in [6, 6.07) is 16.1. The normalized spacial score (nSPS) is 10.5. The van der Waals surface area contributed by atoms with Crippen molar-refractivity contribution in [1.82, 2.24) is 4.98 Å². The Bertz CT molecular complexity index is 1260. The average Bonchev–Trinajstić information content (AvgIpc) is 3.45. The van der Waals surface area contributed by atoms with Crippen LogP contribution in [0.25, 0.3) is 0 Å². The van der Waals surface area contributed by atoms with E-state index in [4.69, 9.17) is 13.9 Å². The molecular weight excluding hydrogens is 454 g/mol. The zero-order chi connectivity index (χ0) is 23.9. The largest absolute Gasteiger partial charge is 0.494 e. The quantitative estimate of drug-likeness (QED) is 0.322. The minimum atomic E-state index is -0.302. The van der Waals surface area contributed by atoms with E-state index < -0.39 is 0 Å². The lowest BCUT2D eigenvalue weighted by atomic mass is 10.2. The fraction of sp³-hybridized carbons (Fsp3) is 0.160. The summed E-state index contributed by atoms with van der Waals surface area (Å²) in [7, 11) is 0. The number of nitrogens with one attached hydrogen (secondary N) is 2. The van der Waals surface area contributed by atoms with Crippen molar-refractivity contribution in [1.29, 1.82) is 0 Å². The van der Waals surface area contributed by atoms with E-state index in [1.165, 1.54) is 17.6 Å². The molecule has 9 heteroatoms. The third-order valence-electron chi connectivity index (χ3n) is 4.73. The summed E-state index contributed by atoms with van der Waals surface area (Å²) in [5.74, 6) is 2.14. The highest BCUT2D eigenvalue weighted by molar-refractivity contribution is 7.14. The number of ether oxygens (including phenoxy) is 2. The van der Waals surface area contributed by atoms with Gasteiger partial charge in [-0.25, -0.2) is 4.98 Å². The molecule has 2 heterocycles. The molecule has 0 radical (unpaired) electrons. The Morgan fingerprint density at radius 1 is 0.971 bits per heavy atom. The van der Waals surface area contributed by atoms with E-state index in [0.717, 1.165) is 5.75 Å². The Kier molecular flexibility index (Phi) is 7.24. The van der Waals surface area contributed by atoms with Crippen molar-refractivity contribution >= 4 is 34.0 Å². The summed E-state index contributed by atoms with van der Waals surface area (Å²) >= 11 is 1.26. The molecule has 0 aliphatic heterocycles. The Labute approximate surface area is 200 Å². The lowest BCUT2D eigenvalue weighted by Gasteiger charge is -2.09. The number of nitrogens with zero attached hydrogens (tertiary/aromatic N) is 1. The summed E-state index contributed by atoms with van der Waals surface area (Å²) < 4.78 is 16.4. The van der Waals surface area contributed by atoms with E-state index in [1.54, 1.807) is 42.6 Å². The lowest BCUT2D eigenvalue weighted by molar-refractivity contribution is -0.115. The third-order valence-corrected chi connectivity index (χ3v) is 5.53. The van der Waals surface area contributed by atoms with Crippen molar-refractivity contribution < 1.29 is 23.5 Å². The van der Waals surface area contributed by atoms with Crippen LogP contribution in [0.15, 0.2) is 70.7 Å². The number of hydrogen-bond acceptors (Lipinski definition) is 7. The number of rotatable bonds is 9. The van der Waals surface area contributed by atoms with E-state index in [-0.39, 0.29) is 18.2 Å². The van der Waals surface area contributed by atoms with Gasteiger partial charge in [0.1, 0.15) is 23.0 Å². The molecule has 4 aromatic rings.